The van der Waals surface area contributed by atoms with Gasteiger partial charge in [-0.05, 0) is 22.4 Å². The van der Waals surface area contributed by atoms with E-state index in [1.165, 1.54) is 11.3 Å². The second-order valence-corrected chi connectivity index (χ2v) is 6.73. The molecule has 0 fully saturated rings. The molecule has 0 radical (unpaired) electrons. The number of amides is 2. The summed E-state index contributed by atoms with van der Waals surface area (Å²) in [5.74, 6) is -2.52. The van der Waals surface area contributed by atoms with Gasteiger partial charge in [-0.3, -0.25) is 14.4 Å². The predicted octanol–water partition coefficient (Wildman–Crippen LogP) is 1.66. The number of rotatable bonds is 7. The Balaban J connectivity index is 1.83. The van der Waals surface area contributed by atoms with Crippen LogP contribution in [0.5, 0.6) is 0 Å². The van der Waals surface area contributed by atoms with Crippen LogP contribution in [-0.4, -0.2) is 32.4 Å². The SMILES string of the molecule is NC(=O)C(=O)C(Cc1ccsc1)NC(=O)c1nsnc1-c1ccccc1. The fraction of sp³-hybridized carbons (Fsp3) is 0.118. The van der Waals surface area contributed by atoms with Crippen molar-refractivity contribution in [2.75, 3.05) is 0 Å². The standard InChI is InChI=1S/C17H14N4O3S2/c18-16(23)15(22)12(8-10-6-7-25-9-10)19-17(24)14-13(20-26-21-14)11-4-2-1-3-5-11/h1-7,9,12H,8H2,(H2,18,23)(H,19,24). The van der Waals surface area contributed by atoms with Gasteiger partial charge in [-0.15, -0.1) is 0 Å². The van der Waals surface area contributed by atoms with Crippen LogP contribution >= 0.6 is 23.1 Å². The maximum Gasteiger partial charge on any atom is 0.287 e. The minimum absolute atomic E-state index is 0.105. The third kappa shape index (κ3) is 4.01. The molecular formula is C17H14N4O3S2. The summed E-state index contributed by atoms with van der Waals surface area (Å²) in [4.78, 5) is 36.1. The molecule has 7 nitrogen and oxygen atoms in total. The Bertz CT molecular complexity index is 923. The topological polar surface area (TPSA) is 115 Å². The highest BCUT2D eigenvalue weighted by Crippen LogP contribution is 2.21. The maximum absolute atomic E-state index is 12.7. The highest BCUT2D eigenvalue weighted by Gasteiger charge is 2.28. The van der Waals surface area contributed by atoms with Gasteiger partial charge in [0.15, 0.2) is 5.69 Å². The van der Waals surface area contributed by atoms with Crippen LogP contribution in [0.1, 0.15) is 16.1 Å². The lowest BCUT2D eigenvalue weighted by Crippen LogP contribution is -2.47. The lowest BCUT2D eigenvalue weighted by molar-refractivity contribution is -0.137. The number of primary amides is 1. The van der Waals surface area contributed by atoms with Crippen molar-refractivity contribution in [1.29, 1.82) is 0 Å². The molecule has 0 aliphatic heterocycles. The third-order valence-electron chi connectivity index (χ3n) is 3.64. The summed E-state index contributed by atoms with van der Waals surface area (Å²) in [6.07, 6.45) is 0.176. The molecule has 0 spiro atoms. The molecule has 2 amide bonds. The van der Waals surface area contributed by atoms with E-state index in [2.05, 4.69) is 14.1 Å². The van der Waals surface area contributed by atoms with Gasteiger partial charge in [-0.2, -0.15) is 20.1 Å². The molecule has 26 heavy (non-hydrogen) atoms. The Morgan fingerprint density at radius 3 is 2.54 bits per heavy atom. The lowest BCUT2D eigenvalue weighted by atomic mass is 10.0. The first kappa shape index (κ1) is 17.9. The van der Waals surface area contributed by atoms with Crippen LogP contribution in [0.2, 0.25) is 0 Å². The van der Waals surface area contributed by atoms with E-state index in [9.17, 15) is 14.4 Å². The summed E-state index contributed by atoms with van der Waals surface area (Å²) in [5, 5.41) is 6.26. The Kier molecular flexibility index (Phi) is 5.49. The van der Waals surface area contributed by atoms with Crippen molar-refractivity contribution < 1.29 is 14.4 Å². The van der Waals surface area contributed by atoms with Crippen LogP contribution in [0, 0.1) is 0 Å². The Morgan fingerprint density at radius 1 is 1.12 bits per heavy atom. The van der Waals surface area contributed by atoms with E-state index >= 15 is 0 Å². The molecule has 0 saturated carbocycles. The zero-order chi connectivity index (χ0) is 18.5. The predicted molar refractivity (Wildman–Crippen MR) is 98.8 cm³/mol. The van der Waals surface area contributed by atoms with E-state index in [0.717, 1.165) is 22.9 Å². The molecule has 2 heterocycles. The normalized spacial score (nSPS) is 11.7. The quantitative estimate of drug-likeness (QED) is 0.599. The number of nitrogens with two attached hydrogens (primary N) is 1. The second kappa shape index (κ2) is 7.98. The van der Waals surface area contributed by atoms with Crippen molar-refractivity contribution in [1.82, 2.24) is 14.1 Å². The van der Waals surface area contributed by atoms with Crippen molar-refractivity contribution in [3.63, 3.8) is 0 Å². The van der Waals surface area contributed by atoms with Crippen molar-refractivity contribution in [2.24, 2.45) is 5.73 Å². The summed E-state index contributed by atoms with van der Waals surface area (Å²) in [5.41, 5.74) is 7.21. The molecule has 1 aromatic carbocycles. The summed E-state index contributed by atoms with van der Waals surface area (Å²) >= 11 is 2.36. The number of hydrogen-bond donors (Lipinski definition) is 2. The van der Waals surface area contributed by atoms with E-state index in [1.54, 1.807) is 0 Å². The van der Waals surface area contributed by atoms with E-state index in [-0.39, 0.29) is 12.1 Å². The van der Waals surface area contributed by atoms with Crippen LogP contribution in [0.15, 0.2) is 47.2 Å². The molecule has 3 aromatic rings. The molecular weight excluding hydrogens is 372 g/mol. The van der Waals surface area contributed by atoms with E-state index in [0.29, 0.717) is 5.69 Å². The highest BCUT2D eigenvalue weighted by atomic mass is 32.1. The Labute approximate surface area is 157 Å². The number of benzene rings is 1. The van der Waals surface area contributed by atoms with Gasteiger partial charge >= 0.3 is 0 Å². The Morgan fingerprint density at radius 2 is 1.88 bits per heavy atom. The number of nitrogens with zero attached hydrogens (tertiary/aromatic N) is 2. The molecule has 3 N–H and O–H groups in total. The molecule has 2 aromatic heterocycles. The van der Waals surface area contributed by atoms with Crippen molar-refractivity contribution in [2.45, 2.75) is 12.5 Å². The van der Waals surface area contributed by atoms with Crippen molar-refractivity contribution >= 4 is 40.7 Å². The zero-order valence-electron chi connectivity index (χ0n) is 13.4. The fourth-order valence-corrected chi connectivity index (χ4v) is 3.62. The number of carbonyl (C=O) groups excluding carboxylic acids is 3. The molecule has 1 atom stereocenters. The van der Waals surface area contributed by atoms with Crippen LogP contribution in [-0.2, 0) is 16.0 Å². The Hall–Kier alpha value is -2.91. The van der Waals surface area contributed by atoms with Gasteiger partial charge < -0.3 is 11.1 Å². The molecule has 132 valence electrons. The molecule has 0 bridgehead atoms. The number of ketones is 1. The van der Waals surface area contributed by atoms with Crippen molar-refractivity contribution in [3.8, 4) is 11.3 Å². The van der Waals surface area contributed by atoms with Crippen LogP contribution in [0.25, 0.3) is 11.3 Å². The van der Waals surface area contributed by atoms with Crippen LogP contribution in [0.4, 0.5) is 0 Å². The summed E-state index contributed by atoms with van der Waals surface area (Å²) < 4.78 is 8.21. The summed E-state index contributed by atoms with van der Waals surface area (Å²) in [6, 6.07) is 9.89. The van der Waals surface area contributed by atoms with Crippen LogP contribution in [0.3, 0.4) is 0 Å². The molecule has 9 heteroatoms. The first-order chi connectivity index (χ1) is 12.6. The smallest absolute Gasteiger partial charge is 0.287 e. The highest BCUT2D eigenvalue weighted by molar-refractivity contribution is 7.08. The number of hydrogen-bond acceptors (Lipinski definition) is 7. The first-order valence-corrected chi connectivity index (χ1v) is 9.27. The second-order valence-electron chi connectivity index (χ2n) is 5.42. The molecule has 0 aliphatic rings. The fourth-order valence-electron chi connectivity index (χ4n) is 2.38. The number of Topliss-reactive ketones (excluding diaryl/α,β-unsaturated/α-hetero) is 1. The average Bonchev–Trinajstić information content (AvgIpc) is 3.32. The molecule has 0 aliphatic carbocycles. The third-order valence-corrected chi connectivity index (χ3v) is 4.90. The number of aromatic nitrogens is 2. The number of thiophene rings is 1. The van der Waals surface area contributed by atoms with E-state index < -0.39 is 23.6 Å². The van der Waals surface area contributed by atoms with E-state index in [4.69, 9.17) is 5.73 Å². The number of nitrogens with one attached hydrogen (secondary N) is 1. The first-order valence-electron chi connectivity index (χ1n) is 7.60. The van der Waals surface area contributed by atoms with Gasteiger partial charge in [0.25, 0.3) is 11.8 Å². The molecule has 0 saturated heterocycles. The van der Waals surface area contributed by atoms with Gasteiger partial charge in [-0.1, -0.05) is 30.3 Å². The monoisotopic (exact) mass is 386 g/mol. The van der Waals surface area contributed by atoms with Crippen molar-refractivity contribution in [3.05, 3.63) is 58.4 Å². The summed E-state index contributed by atoms with van der Waals surface area (Å²) in [7, 11) is 0. The molecule has 1 unspecified atom stereocenters. The minimum Gasteiger partial charge on any atom is -0.363 e. The average molecular weight is 386 g/mol. The van der Waals surface area contributed by atoms with Gasteiger partial charge in [-0.25, -0.2) is 0 Å². The van der Waals surface area contributed by atoms with Gasteiger partial charge in [0.05, 0.1) is 11.7 Å². The molecule has 3 rings (SSSR count). The minimum atomic E-state index is -1.09. The maximum atomic E-state index is 12.7. The van der Waals surface area contributed by atoms with Gasteiger partial charge in [0.2, 0.25) is 5.78 Å². The lowest BCUT2D eigenvalue weighted by Gasteiger charge is -2.15. The zero-order valence-corrected chi connectivity index (χ0v) is 15.0. The number of carbonyl (C=O) groups is 3. The largest absolute Gasteiger partial charge is 0.363 e. The van der Waals surface area contributed by atoms with E-state index in [1.807, 2.05) is 47.2 Å². The van der Waals surface area contributed by atoms with Gasteiger partial charge in [0.1, 0.15) is 11.7 Å². The summed E-state index contributed by atoms with van der Waals surface area (Å²) in [6.45, 7) is 0. The van der Waals surface area contributed by atoms with Crippen LogP contribution < -0.4 is 11.1 Å². The van der Waals surface area contributed by atoms with Gasteiger partial charge in [0, 0.05) is 12.0 Å².